The average molecular weight is 168 g/mol. The summed E-state index contributed by atoms with van der Waals surface area (Å²) in [5, 5.41) is 0. The second kappa shape index (κ2) is 2.25. The first-order chi connectivity index (χ1) is 5.51. The van der Waals surface area contributed by atoms with Crippen molar-refractivity contribution in [2.24, 2.45) is 17.3 Å². The molecule has 0 aromatic heterocycles. The summed E-state index contributed by atoms with van der Waals surface area (Å²) in [6.45, 7) is 10.5. The molecule has 1 unspecified atom stereocenters. The van der Waals surface area contributed by atoms with Crippen LogP contribution in [0.1, 0.15) is 40.5 Å². The van der Waals surface area contributed by atoms with Gasteiger partial charge in [-0.15, -0.1) is 0 Å². The summed E-state index contributed by atoms with van der Waals surface area (Å²) in [4.78, 5) is 0. The van der Waals surface area contributed by atoms with Crippen molar-refractivity contribution >= 4 is 0 Å². The van der Waals surface area contributed by atoms with E-state index < -0.39 is 0 Å². The predicted molar refractivity (Wildman–Crippen MR) is 50.0 cm³/mol. The zero-order chi connectivity index (χ0) is 8.98. The van der Waals surface area contributed by atoms with Crippen LogP contribution in [0.25, 0.3) is 0 Å². The predicted octanol–water partition coefficient (Wildman–Crippen LogP) is 2.85. The second-order valence-electron chi connectivity index (χ2n) is 5.28. The van der Waals surface area contributed by atoms with Gasteiger partial charge >= 0.3 is 0 Å². The molecule has 70 valence electrons. The standard InChI is InChI=1S/C11H20O/c1-8-5-6-9(2)11(7-12-11)10(8,3)4/h8-9H,5-7H2,1-4H3/t8-,9-,11?/m0/s1. The molecule has 0 bridgehead atoms. The monoisotopic (exact) mass is 168 g/mol. The highest BCUT2D eigenvalue weighted by Crippen LogP contribution is 2.58. The molecule has 0 N–H and O–H groups in total. The molecule has 1 aliphatic carbocycles. The van der Waals surface area contributed by atoms with Crippen molar-refractivity contribution in [3.8, 4) is 0 Å². The molecule has 1 heterocycles. The molecule has 1 saturated heterocycles. The Morgan fingerprint density at radius 3 is 2.00 bits per heavy atom. The van der Waals surface area contributed by atoms with Gasteiger partial charge in [-0.3, -0.25) is 0 Å². The molecule has 0 radical (unpaired) electrons. The van der Waals surface area contributed by atoms with Gasteiger partial charge in [-0.25, -0.2) is 0 Å². The summed E-state index contributed by atoms with van der Waals surface area (Å²) < 4.78 is 5.73. The van der Waals surface area contributed by atoms with E-state index in [1.54, 1.807) is 0 Å². The number of hydrogen-bond acceptors (Lipinski definition) is 1. The third-order valence-electron chi connectivity index (χ3n) is 4.61. The molecule has 1 heteroatoms. The van der Waals surface area contributed by atoms with Crippen molar-refractivity contribution in [1.82, 2.24) is 0 Å². The average Bonchev–Trinajstić information content (AvgIpc) is 2.76. The SMILES string of the molecule is C[C@H]1CC[C@H](C)C2(CO2)C1(C)C. The first-order valence-corrected chi connectivity index (χ1v) is 5.14. The molecule has 1 aliphatic heterocycles. The van der Waals surface area contributed by atoms with Gasteiger partial charge in [-0.05, 0) is 30.1 Å². The number of ether oxygens (including phenoxy) is 1. The van der Waals surface area contributed by atoms with Crippen LogP contribution in [0.2, 0.25) is 0 Å². The lowest BCUT2D eigenvalue weighted by atomic mass is 9.59. The van der Waals surface area contributed by atoms with Crippen molar-refractivity contribution < 1.29 is 4.74 Å². The van der Waals surface area contributed by atoms with Crippen LogP contribution < -0.4 is 0 Å². The smallest absolute Gasteiger partial charge is 0.0994 e. The fourth-order valence-electron chi connectivity index (χ4n) is 2.88. The minimum absolute atomic E-state index is 0.255. The highest BCUT2D eigenvalue weighted by atomic mass is 16.6. The van der Waals surface area contributed by atoms with Crippen molar-refractivity contribution in [2.45, 2.75) is 46.1 Å². The van der Waals surface area contributed by atoms with Crippen LogP contribution in [-0.4, -0.2) is 12.2 Å². The first-order valence-electron chi connectivity index (χ1n) is 5.14. The van der Waals surface area contributed by atoms with Gasteiger partial charge in [-0.2, -0.15) is 0 Å². The van der Waals surface area contributed by atoms with Crippen LogP contribution in [0.4, 0.5) is 0 Å². The summed E-state index contributed by atoms with van der Waals surface area (Å²) >= 11 is 0. The Hall–Kier alpha value is -0.0400. The van der Waals surface area contributed by atoms with Gasteiger partial charge in [-0.1, -0.05) is 27.7 Å². The van der Waals surface area contributed by atoms with E-state index in [2.05, 4.69) is 27.7 Å². The Balaban J connectivity index is 2.27. The van der Waals surface area contributed by atoms with Crippen molar-refractivity contribution in [1.29, 1.82) is 0 Å². The lowest BCUT2D eigenvalue weighted by Crippen LogP contribution is -2.47. The normalized spacial score (nSPS) is 51.0. The quantitative estimate of drug-likeness (QED) is 0.507. The van der Waals surface area contributed by atoms with Crippen molar-refractivity contribution in [3.05, 3.63) is 0 Å². The van der Waals surface area contributed by atoms with Crippen molar-refractivity contribution in [3.63, 3.8) is 0 Å². The Kier molecular flexibility index (Phi) is 1.61. The summed E-state index contributed by atoms with van der Waals surface area (Å²) in [5.41, 5.74) is 0.648. The summed E-state index contributed by atoms with van der Waals surface area (Å²) in [7, 11) is 0. The molecule has 1 spiro atoms. The fourth-order valence-corrected chi connectivity index (χ4v) is 2.88. The Labute approximate surface area is 75.5 Å². The zero-order valence-corrected chi connectivity index (χ0v) is 8.68. The Morgan fingerprint density at radius 2 is 1.58 bits per heavy atom. The Morgan fingerprint density at radius 1 is 1.08 bits per heavy atom. The fraction of sp³-hybridized carbons (Fsp3) is 1.00. The van der Waals surface area contributed by atoms with Gasteiger partial charge in [0, 0.05) is 0 Å². The third kappa shape index (κ3) is 0.834. The van der Waals surface area contributed by atoms with Crippen molar-refractivity contribution in [2.75, 3.05) is 6.61 Å². The maximum atomic E-state index is 5.73. The summed E-state index contributed by atoms with van der Waals surface area (Å²) in [5.74, 6) is 1.58. The van der Waals surface area contributed by atoms with E-state index in [9.17, 15) is 0 Å². The van der Waals surface area contributed by atoms with E-state index in [0.29, 0.717) is 5.41 Å². The topological polar surface area (TPSA) is 12.5 Å². The maximum absolute atomic E-state index is 5.73. The molecule has 2 rings (SSSR count). The highest BCUT2D eigenvalue weighted by molar-refractivity contribution is 5.11. The lowest BCUT2D eigenvalue weighted by Gasteiger charge is -2.45. The largest absolute Gasteiger partial charge is 0.369 e. The molecule has 1 saturated carbocycles. The van der Waals surface area contributed by atoms with Gasteiger partial charge < -0.3 is 4.74 Å². The van der Waals surface area contributed by atoms with Gasteiger partial charge in [0.15, 0.2) is 0 Å². The molecule has 0 amide bonds. The summed E-state index contributed by atoms with van der Waals surface area (Å²) in [6.07, 6.45) is 2.73. The highest BCUT2D eigenvalue weighted by Gasteiger charge is 2.63. The van der Waals surface area contributed by atoms with Crippen LogP contribution in [0.3, 0.4) is 0 Å². The van der Waals surface area contributed by atoms with E-state index in [-0.39, 0.29) is 5.60 Å². The minimum Gasteiger partial charge on any atom is -0.369 e. The molecular formula is C11H20O. The van der Waals surface area contributed by atoms with E-state index in [0.717, 1.165) is 18.4 Å². The van der Waals surface area contributed by atoms with Gasteiger partial charge in [0.2, 0.25) is 0 Å². The molecule has 3 atom stereocenters. The van der Waals surface area contributed by atoms with Gasteiger partial charge in [0.05, 0.1) is 12.2 Å². The van der Waals surface area contributed by atoms with Gasteiger partial charge in [0.25, 0.3) is 0 Å². The zero-order valence-electron chi connectivity index (χ0n) is 8.68. The van der Waals surface area contributed by atoms with Crippen LogP contribution in [0.15, 0.2) is 0 Å². The van der Waals surface area contributed by atoms with E-state index in [1.807, 2.05) is 0 Å². The van der Waals surface area contributed by atoms with E-state index >= 15 is 0 Å². The van der Waals surface area contributed by atoms with Crippen LogP contribution in [-0.2, 0) is 4.74 Å². The van der Waals surface area contributed by atoms with Crippen LogP contribution in [0.5, 0.6) is 0 Å². The molecule has 2 fully saturated rings. The molecule has 0 aromatic carbocycles. The first kappa shape index (κ1) is 8.55. The second-order valence-corrected chi connectivity index (χ2v) is 5.28. The molecule has 1 nitrogen and oxygen atoms in total. The number of rotatable bonds is 0. The lowest BCUT2D eigenvalue weighted by molar-refractivity contribution is -0.00473. The van der Waals surface area contributed by atoms with Crippen LogP contribution in [0, 0.1) is 17.3 Å². The van der Waals surface area contributed by atoms with Gasteiger partial charge in [0.1, 0.15) is 0 Å². The molecule has 0 aromatic rings. The number of epoxide rings is 1. The van der Waals surface area contributed by atoms with Crippen LogP contribution >= 0.6 is 0 Å². The molecular weight excluding hydrogens is 148 g/mol. The Bertz CT molecular complexity index is 181. The molecule has 2 aliphatic rings. The summed E-state index contributed by atoms with van der Waals surface area (Å²) in [6, 6.07) is 0. The third-order valence-corrected chi connectivity index (χ3v) is 4.61. The van der Waals surface area contributed by atoms with E-state index in [4.69, 9.17) is 4.74 Å². The minimum atomic E-state index is 0.255. The number of hydrogen-bond donors (Lipinski definition) is 0. The maximum Gasteiger partial charge on any atom is 0.0994 e. The molecule has 12 heavy (non-hydrogen) atoms. The van der Waals surface area contributed by atoms with E-state index in [1.165, 1.54) is 12.8 Å².